The fourth-order valence-electron chi connectivity index (χ4n) is 3.98. The van der Waals surface area contributed by atoms with E-state index in [-0.39, 0.29) is 16.8 Å². The molecule has 0 saturated carbocycles. The molecule has 0 aliphatic carbocycles. The van der Waals surface area contributed by atoms with Gasteiger partial charge in [-0.1, -0.05) is 75.2 Å². The molecule has 0 aromatic carbocycles. The van der Waals surface area contributed by atoms with E-state index in [4.69, 9.17) is 9.47 Å². The van der Waals surface area contributed by atoms with E-state index in [9.17, 15) is 4.79 Å². The first kappa shape index (κ1) is 25.4. The highest BCUT2D eigenvalue weighted by Gasteiger charge is 2.36. The highest BCUT2D eigenvalue weighted by Crippen LogP contribution is 2.47. The van der Waals surface area contributed by atoms with Gasteiger partial charge in [-0.05, 0) is 35.5 Å². The third kappa shape index (κ3) is 10.5. The normalized spacial score (nSPS) is 13.8. The second kappa shape index (κ2) is 10.1. The van der Waals surface area contributed by atoms with Gasteiger partial charge in [-0.25, -0.2) is 0 Å². The van der Waals surface area contributed by atoms with E-state index in [0.717, 1.165) is 32.1 Å². The fraction of sp³-hybridized carbons (Fsp3) is 0.957. The maximum Gasteiger partial charge on any atom is 0.305 e. The van der Waals surface area contributed by atoms with Crippen LogP contribution in [-0.4, -0.2) is 26.3 Å². The van der Waals surface area contributed by atoms with E-state index in [2.05, 4.69) is 62.3 Å². The number of rotatable bonds is 13. The zero-order chi connectivity index (χ0) is 20.6. The lowest BCUT2D eigenvalue weighted by Crippen LogP contribution is -2.32. The van der Waals surface area contributed by atoms with E-state index >= 15 is 0 Å². The number of hydrogen-bond acceptors (Lipinski definition) is 3. The lowest BCUT2D eigenvalue weighted by molar-refractivity contribution is -0.148. The van der Waals surface area contributed by atoms with E-state index in [1.807, 2.05) is 0 Å². The lowest BCUT2D eigenvalue weighted by atomic mass is 9.63. The summed E-state index contributed by atoms with van der Waals surface area (Å²) in [4.78, 5) is 12.3. The van der Waals surface area contributed by atoms with Crippen molar-refractivity contribution in [2.45, 2.75) is 101 Å². The molecule has 0 radical (unpaired) electrons. The van der Waals surface area contributed by atoms with Crippen LogP contribution in [0.4, 0.5) is 0 Å². The van der Waals surface area contributed by atoms with E-state index in [1.54, 1.807) is 7.11 Å². The summed E-state index contributed by atoms with van der Waals surface area (Å²) in [6, 6.07) is 0. The molecular weight excluding hydrogens is 324 g/mol. The Labute approximate surface area is 163 Å². The van der Waals surface area contributed by atoms with Gasteiger partial charge in [0.2, 0.25) is 0 Å². The van der Waals surface area contributed by atoms with Gasteiger partial charge in [0.1, 0.15) is 0 Å². The maximum absolute atomic E-state index is 12.3. The van der Waals surface area contributed by atoms with Gasteiger partial charge in [-0.3, -0.25) is 4.79 Å². The minimum absolute atomic E-state index is 0.0796. The fourth-order valence-corrected chi connectivity index (χ4v) is 3.98. The van der Waals surface area contributed by atoms with Gasteiger partial charge in [-0.15, -0.1) is 0 Å². The van der Waals surface area contributed by atoms with Crippen LogP contribution in [0.1, 0.15) is 101 Å². The van der Waals surface area contributed by atoms with Crippen LogP contribution in [0.25, 0.3) is 0 Å². The van der Waals surface area contributed by atoms with Crippen LogP contribution in [0.15, 0.2) is 0 Å². The molecule has 0 unspecified atom stereocenters. The van der Waals surface area contributed by atoms with Gasteiger partial charge in [0.15, 0.2) is 0 Å². The maximum atomic E-state index is 12.3. The molecular formula is C23H46O3. The van der Waals surface area contributed by atoms with Crippen molar-refractivity contribution >= 4 is 5.97 Å². The molecule has 0 spiro atoms. The molecule has 0 fully saturated rings. The van der Waals surface area contributed by atoms with Crippen molar-refractivity contribution in [1.29, 1.82) is 0 Å². The SMILES string of the molecule is CCC(C)(C)CC(C)(CCC(=O)OCC(C)(C)COC)CC(C)(C)CC. The second-order valence-corrected chi connectivity index (χ2v) is 11.0. The van der Waals surface area contributed by atoms with Gasteiger partial charge in [0.05, 0.1) is 13.2 Å². The number of hydrogen-bond donors (Lipinski definition) is 0. The minimum Gasteiger partial charge on any atom is -0.465 e. The molecule has 0 heterocycles. The first-order valence-electron chi connectivity index (χ1n) is 10.3. The second-order valence-electron chi connectivity index (χ2n) is 11.0. The third-order valence-corrected chi connectivity index (χ3v) is 5.82. The van der Waals surface area contributed by atoms with Crippen molar-refractivity contribution in [3.63, 3.8) is 0 Å². The summed E-state index contributed by atoms with van der Waals surface area (Å²) >= 11 is 0. The molecule has 3 heteroatoms. The zero-order valence-electron chi connectivity index (χ0n) is 19.4. The topological polar surface area (TPSA) is 35.5 Å². The Hall–Kier alpha value is -0.570. The van der Waals surface area contributed by atoms with E-state index in [0.29, 0.717) is 30.5 Å². The molecule has 26 heavy (non-hydrogen) atoms. The summed E-state index contributed by atoms with van der Waals surface area (Å²) in [7, 11) is 1.68. The van der Waals surface area contributed by atoms with Crippen LogP contribution in [0.5, 0.6) is 0 Å². The Morgan fingerprint density at radius 1 is 0.769 bits per heavy atom. The molecule has 0 aliphatic rings. The number of carbonyl (C=O) groups excluding carboxylic acids is 1. The van der Waals surface area contributed by atoms with Gasteiger partial charge < -0.3 is 9.47 Å². The van der Waals surface area contributed by atoms with E-state index < -0.39 is 0 Å². The number of methoxy groups -OCH3 is 1. The average molecular weight is 371 g/mol. The summed E-state index contributed by atoms with van der Waals surface area (Å²) in [5.41, 5.74) is 0.605. The van der Waals surface area contributed by atoms with Crippen LogP contribution in [-0.2, 0) is 14.3 Å². The number of esters is 1. The lowest BCUT2D eigenvalue weighted by Gasteiger charge is -2.42. The first-order chi connectivity index (χ1) is 11.7. The summed E-state index contributed by atoms with van der Waals surface area (Å²) in [6.45, 7) is 21.4. The molecule has 0 aliphatic heterocycles. The molecule has 156 valence electrons. The largest absolute Gasteiger partial charge is 0.465 e. The molecule has 0 atom stereocenters. The van der Waals surface area contributed by atoms with Crippen molar-refractivity contribution < 1.29 is 14.3 Å². The molecule has 0 rings (SSSR count). The highest BCUT2D eigenvalue weighted by atomic mass is 16.5. The third-order valence-electron chi connectivity index (χ3n) is 5.82. The quantitative estimate of drug-likeness (QED) is 0.341. The van der Waals surface area contributed by atoms with Gasteiger partial charge >= 0.3 is 5.97 Å². The number of carbonyl (C=O) groups is 1. The summed E-state index contributed by atoms with van der Waals surface area (Å²) < 4.78 is 10.7. The predicted molar refractivity (Wildman–Crippen MR) is 111 cm³/mol. The summed E-state index contributed by atoms with van der Waals surface area (Å²) in [5.74, 6) is -0.0796. The molecule has 0 bridgehead atoms. The van der Waals surface area contributed by atoms with E-state index in [1.165, 1.54) is 0 Å². The van der Waals surface area contributed by atoms with Crippen molar-refractivity contribution in [1.82, 2.24) is 0 Å². The molecule has 0 N–H and O–H groups in total. The number of ether oxygens (including phenoxy) is 2. The predicted octanol–water partition coefficient (Wildman–Crippen LogP) is 6.64. The van der Waals surface area contributed by atoms with Gasteiger partial charge in [-0.2, -0.15) is 0 Å². The van der Waals surface area contributed by atoms with Crippen molar-refractivity contribution in [2.75, 3.05) is 20.3 Å². The van der Waals surface area contributed by atoms with Crippen LogP contribution >= 0.6 is 0 Å². The summed E-state index contributed by atoms with van der Waals surface area (Å²) in [5, 5.41) is 0. The van der Waals surface area contributed by atoms with Crippen molar-refractivity contribution in [3.8, 4) is 0 Å². The monoisotopic (exact) mass is 370 g/mol. The Balaban J connectivity index is 4.90. The van der Waals surface area contributed by atoms with Gasteiger partial charge in [0, 0.05) is 18.9 Å². The van der Waals surface area contributed by atoms with Gasteiger partial charge in [0.25, 0.3) is 0 Å². The minimum atomic E-state index is -0.137. The Bertz CT molecular complexity index is 403. The molecule has 3 nitrogen and oxygen atoms in total. The van der Waals surface area contributed by atoms with Crippen LogP contribution in [0.3, 0.4) is 0 Å². The molecule has 0 aromatic heterocycles. The Morgan fingerprint density at radius 2 is 1.23 bits per heavy atom. The van der Waals surface area contributed by atoms with Crippen molar-refractivity contribution in [2.24, 2.45) is 21.7 Å². The Morgan fingerprint density at radius 3 is 1.62 bits per heavy atom. The van der Waals surface area contributed by atoms with Crippen LogP contribution in [0, 0.1) is 21.7 Å². The smallest absolute Gasteiger partial charge is 0.305 e. The molecule has 0 aromatic rings. The van der Waals surface area contributed by atoms with Crippen molar-refractivity contribution in [3.05, 3.63) is 0 Å². The van der Waals surface area contributed by atoms with Crippen LogP contribution < -0.4 is 0 Å². The average Bonchev–Trinajstić information content (AvgIpc) is 2.50. The molecule has 0 saturated heterocycles. The summed E-state index contributed by atoms with van der Waals surface area (Å²) in [6.07, 6.45) is 5.99. The first-order valence-corrected chi connectivity index (χ1v) is 10.3. The zero-order valence-corrected chi connectivity index (χ0v) is 19.4. The highest BCUT2D eigenvalue weighted by molar-refractivity contribution is 5.69. The standard InChI is InChI=1S/C23H46O3/c1-11-20(3,4)15-23(9,16-21(5,6)12-2)14-13-19(24)26-18-22(7,8)17-25-10/h11-18H2,1-10H3. The van der Waals surface area contributed by atoms with Crippen LogP contribution in [0.2, 0.25) is 0 Å². The Kier molecular flexibility index (Phi) is 9.88. The molecule has 0 amide bonds.